The topological polar surface area (TPSA) is 59.0 Å². The molecule has 1 amide bonds. The summed E-state index contributed by atoms with van der Waals surface area (Å²) >= 11 is 1.41. The van der Waals surface area contributed by atoms with Crippen LogP contribution >= 0.6 is 11.3 Å². The molecule has 1 aliphatic carbocycles. The molecule has 1 atom stereocenters. The van der Waals surface area contributed by atoms with Crippen LogP contribution in [0.3, 0.4) is 0 Å². The summed E-state index contributed by atoms with van der Waals surface area (Å²) in [5.74, 6) is 0.879. The maximum Gasteiger partial charge on any atom is 0.265 e. The van der Waals surface area contributed by atoms with E-state index >= 15 is 0 Å². The molecule has 136 valence electrons. The summed E-state index contributed by atoms with van der Waals surface area (Å²) in [6.07, 6.45) is 7.79. The molecule has 2 aliphatic rings. The van der Waals surface area contributed by atoms with Crippen molar-refractivity contribution in [2.75, 3.05) is 13.1 Å². The number of carbonyl (C=O) groups is 1. The van der Waals surface area contributed by atoms with Gasteiger partial charge in [0.25, 0.3) is 5.91 Å². The van der Waals surface area contributed by atoms with Crippen LogP contribution in [0.1, 0.15) is 40.2 Å². The van der Waals surface area contributed by atoms with E-state index in [2.05, 4.69) is 9.97 Å². The Labute approximate surface area is 162 Å². The zero-order chi connectivity index (χ0) is 18.3. The lowest BCUT2D eigenvalue weighted by molar-refractivity contribution is 0.0638. The highest BCUT2D eigenvalue weighted by Gasteiger charge is 2.45. The summed E-state index contributed by atoms with van der Waals surface area (Å²) in [7, 11) is 0. The molecule has 1 spiro atoms. The third-order valence-electron chi connectivity index (χ3n) is 5.78. The number of thiazole rings is 1. The first kappa shape index (κ1) is 16.6. The quantitative estimate of drug-likeness (QED) is 0.684. The molecule has 1 saturated heterocycles. The molecule has 0 radical (unpaired) electrons. The minimum absolute atomic E-state index is 0.0413. The molecule has 2 aromatic heterocycles. The van der Waals surface area contributed by atoms with Gasteiger partial charge in [0.2, 0.25) is 0 Å². The molecule has 1 fully saturated rings. The number of nitrogens with zero attached hydrogens (tertiary/aromatic N) is 4. The fourth-order valence-electron chi connectivity index (χ4n) is 4.45. The SMILES string of the molecule is O=C(c1cncs1)N1CCCC2(CCc3cnc(-c4ccccc4)nc32)C1. The van der Waals surface area contributed by atoms with E-state index in [4.69, 9.17) is 4.98 Å². The Balaban J connectivity index is 1.49. The summed E-state index contributed by atoms with van der Waals surface area (Å²) in [4.78, 5) is 29.2. The third kappa shape index (κ3) is 2.84. The summed E-state index contributed by atoms with van der Waals surface area (Å²) in [5.41, 5.74) is 5.10. The highest BCUT2D eigenvalue weighted by atomic mass is 32.1. The van der Waals surface area contributed by atoms with E-state index in [1.807, 2.05) is 41.4 Å². The maximum absolute atomic E-state index is 12.9. The second kappa shape index (κ2) is 6.53. The predicted octanol–water partition coefficient (Wildman–Crippen LogP) is 3.72. The average Bonchev–Trinajstić information content (AvgIpc) is 3.37. The monoisotopic (exact) mass is 376 g/mol. The number of carbonyl (C=O) groups excluding carboxylic acids is 1. The predicted molar refractivity (Wildman–Crippen MR) is 105 cm³/mol. The number of rotatable bonds is 2. The largest absolute Gasteiger partial charge is 0.337 e. The second-order valence-corrected chi connectivity index (χ2v) is 8.30. The zero-order valence-corrected chi connectivity index (χ0v) is 15.8. The number of hydrogen-bond donors (Lipinski definition) is 0. The highest BCUT2D eigenvalue weighted by Crippen LogP contribution is 2.44. The Bertz CT molecular complexity index is 969. The van der Waals surface area contributed by atoms with Crippen molar-refractivity contribution in [2.24, 2.45) is 0 Å². The van der Waals surface area contributed by atoms with Crippen LogP contribution in [-0.4, -0.2) is 38.8 Å². The van der Waals surface area contributed by atoms with Gasteiger partial charge in [-0.15, -0.1) is 11.3 Å². The van der Waals surface area contributed by atoms with Crippen molar-refractivity contribution in [3.05, 3.63) is 64.4 Å². The fourth-order valence-corrected chi connectivity index (χ4v) is 5.03. The van der Waals surface area contributed by atoms with Gasteiger partial charge in [0.15, 0.2) is 5.82 Å². The number of aromatic nitrogens is 3. The van der Waals surface area contributed by atoms with E-state index in [1.54, 1.807) is 11.7 Å². The Morgan fingerprint density at radius 3 is 2.85 bits per heavy atom. The van der Waals surface area contributed by atoms with Gasteiger partial charge in [-0.25, -0.2) is 9.97 Å². The van der Waals surface area contributed by atoms with E-state index < -0.39 is 0 Å². The van der Waals surface area contributed by atoms with Crippen LogP contribution in [0.4, 0.5) is 0 Å². The van der Waals surface area contributed by atoms with Gasteiger partial charge >= 0.3 is 0 Å². The number of fused-ring (bicyclic) bond motifs is 2. The van der Waals surface area contributed by atoms with Gasteiger partial charge < -0.3 is 4.90 Å². The van der Waals surface area contributed by atoms with Crippen molar-refractivity contribution < 1.29 is 4.79 Å². The molecule has 0 bridgehead atoms. The van der Waals surface area contributed by atoms with Crippen molar-refractivity contribution >= 4 is 17.2 Å². The van der Waals surface area contributed by atoms with Crippen LogP contribution in [0.15, 0.2) is 48.2 Å². The van der Waals surface area contributed by atoms with Gasteiger partial charge in [0, 0.05) is 30.3 Å². The maximum atomic E-state index is 12.9. The standard InChI is InChI=1S/C21H20N4OS/c26-20(17-12-22-14-27-17)25-10-4-8-21(13-25)9-7-16-11-23-19(24-18(16)21)15-5-2-1-3-6-15/h1-3,5-6,11-12,14H,4,7-10,13H2. The van der Waals surface area contributed by atoms with Gasteiger partial charge in [-0.3, -0.25) is 9.78 Å². The third-order valence-corrected chi connectivity index (χ3v) is 6.54. The minimum atomic E-state index is -0.0413. The molecule has 3 heterocycles. The summed E-state index contributed by atoms with van der Waals surface area (Å²) in [6, 6.07) is 10.1. The second-order valence-electron chi connectivity index (χ2n) is 7.41. The molecule has 3 aromatic rings. The summed E-state index contributed by atoms with van der Waals surface area (Å²) in [6.45, 7) is 1.55. The van der Waals surface area contributed by atoms with Crippen molar-refractivity contribution in [3.63, 3.8) is 0 Å². The van der Waals surface area contributed by atoms with Crippen molar-refractivity contribution in [3.8, 4) is 11.4 Å². The van der Waals surface area contributed by atoms with Crippen LogP contribution in [-0.2, 0) is 11.8 Å². The van der Waals surface area contributed by atoms with Crippen molar-refractivity contribution in [2.45, 2.75) is 31.1 Å². The highest BCUT2D eigenvalue weighted by molar-refractivity contribution is 7.11. The molecular weight excluding hydrogens is 356 g/mol. The van der Waals surface area contributed by atoms with Crippen LogP contribution in [0.25, 0.3) is 11.4 Å². The smallest absolute Gasteiger partial charge is 0.265 e. The number of likely N-dealkylation sites (tertiary alicyclic amines) is 1. The lowest BCUT2D eigenvalue weighted by atomic mass is 9.77. The first-order chi connectivity index (χ1) is 13.3. The van der Waals surface area contributed by atoms with E-state index in [1.165, 1.54) is 16.9 Å². The molecule has 6 heteroatoms. The number of amides is 1. The Morgan fingerprint density at radius 2 is 2.04 bits per heavy atom. The Kier molecular flexibility index (Phi) is 4.01. The Hall–Kier alpha value is -2.60. The van der Waals surface area contributed by atoms with Gasteiger partial charge in [-0.05, 0) is 31.2 Å². The molecule has 1 aliphatic heterocycles. The summed E-state index contributed by atoms with van der Waals surface area (Å²) in [5, 5.41) is 0. The van der Waals surface area contributed by atoms with E-state index in [0.29, 0.717) is 0 Å². The van der Waals surface area contributed by atoms with E-state index in [-0.39, 0.29) is 11.3 Å². The van der Waals surface area contributed by atoms with Crippen molar-refractivity contribution in [1.82, 2.24) is 19.9 Å². The zero-order valence-electron chi connectivity index (χ0n) is 15.0. The van der Waals surface area contributed by atoms with Gasteiger partial charge in [-0.2, -0.15) is 0 Å². The normalized spacial score (nSPS) is 21.4. The molecule has 27 heavy (non-hydrogen) atoms. The number of aryl methyl sites for hydroxylation is 1. The molecule has 5 rings (SSSR count). The number of hydrogen-bond acceptors (Lipinski definition) is 5. The minimum Gasteiger partial charge on any atom is -0.337 e. The first-order valence-corrected chi connectivity index (χ1v) is 10.2. The van der Waals surface area contributed by atoms with Gasteiger partial charge in [0.05, 0.1) is 17.4 Å². The number of piperidine rings is 1. The molecule has 0 N–H and O–H groups in total. The molecular formula is C21H20N4OS. The van der Waals surface area contributed by atoms with Crippen LogP contribution in [0.5, 0.6) is 0 Å². The lowest BCUT2D eigenvalue weighted by Crippen LogP contribution is -2.47. The molecule has 1 unspecified atom stereocenters. The van der Waals surface area contributed by atoms with Crippen LogP contribution in [0.2, 0.25) is 0 Å². The van der Waals surface area contributed by atoms with E-state index in [9.17, 15) is 4.79 Å². The van der Waals surface area contributed by atoms with Gasteiger partial charge in [-0.1, -0.05) is 30.3 Å². The lowest BCUT2D eigenvalue weighted by Gasteiger charge is -2.40. The Morgan fingerprint density at radius 1 is 1.15 bits per heavy atom. The fraction of sp³-hybridized carbons (Fsp3) is 0.333. The first-order valence-electron chi connectivity index (χ1n) is 9.35. The summed E-state index contributed by atoms with van der Waals surface area (Å²) < 4.78 is 0. The van der Waals surface area contributed by atoms with Gasteiger partial charge in [0.1, 0.15) is 4.88 Å². The van der Waals surface area contributed by atoms with E-state index in [0.717, 1.165) is 60.7 Å². The van der Waals surface area contributed by atoms with Crippen LogP contribution < -0.4 is 0 Å². The molecule has 5 nitrogen and oxygen atoms in total. The molecule has 1 aromatic carbocycles. The number of benzene rings is 1. The van der Waals surface area contributed by atoms with Crippen LogP contribution in [0, 0.1) is 0 Å². The average molecular weight is 376 g/mol. The molecule has 0 saturated carbocycles. The van der Waals surface area contributed by atoms with Crippen molar-refractivity contribution in [1.29, 1.82) is 0 Å².